The van der Waals surface area contributed by atoms with Crippen molar-refractivity contribution in [3.8, 4) is 11.5 Å². The maximum atomic E-state index is 12.2. The molecule has 0 fully saturated rings. The van der Waals surface area contributed by atoms with Crippen LogP contribution >= 0.6 is 11.6 Å². The zero-order valence-electron chi connectivity index (χ0n) is 12.0. The van der Waals surface area contributed by atoms with Gasteiger partial charge in [-0.15, -0.1) is 0 Å². The molecule has 5 heteroatoms. The van der Waals surface area contributed by atoms with Gasteiger partial charge in [-0.05, 0) is 25.0 Å². The second-order valence-corrected chi connectivity index (χ2v) is 5.75. The lowest BCUT2D eigenvalue weighted by atomic mass is 10.1. The summed E-state index contributed by atoms with van der Waals surface area (Å²) in [7, 11) is 0. The van der Waals surface area contributed by atoms with E-state index in [0.29, 0.717) is 41.2 Å². The van der Waals surface area contributed by atoms with Gasteiger partial charge in [-0.25, -0.2) is 0 Å². The van der Waals surface area contributed by atoms with Crippen molar-refractivity contribution in [3.63, 3.8) is 0 Å². The second-order valence-electron chi connectivity index (χ2n) is 5.34. The van der Waals surface area contributed by atoms with Gasteiger partial charge in [-0.3, -0.25) is 4.79 Å². The molecule has 0 saturated carbocycles. The van der Waals surface area contributed by atoms with Crippen molar-refractivity contribution >= 4 is 17.5 Å². The summed E-state index contributed by atoms with van der Waals surface area (Å²) in [6.07, 6.45) is 0.803. The first-order chi connectivity index (χ1) is 9.49. The molecule has 0 spiro atoms. The van der Waals surface area contributed by atoms with Crippen LogP contribution in [0.25, 0.3) is 0 Å². The van der Waals surface area contributed by atoms with Crippen molar-refractivity contribution in [1.29, 1.82) is 0 Å². The molecule has 1 aliphatic heterocycles. The SMILES string of the molecule is CC(C)C(C)NC(=O)c1cc(Cl)c2c(c1)OCCCO2. The molecular weight excluding hydrogens is 278 g/mol. The molecule has 0 saturated heterocycles. The van der Waals surface area contributed by atoms with E-state index in [1.807, 2.05) is 6.92 Å². The Morgan fingerprint density at radius 1 is 1.25 bits per heavy atom. The molecule has 0 aliphatic carbocycles. The standard InChI is InChI=1S/C15H20ClNO3/c1-9(2)10(3)17-15(18)11-7-12(16)14-13(8-11)19-5-4-6-20-14/h7-10H,4-6H2,1-3H3,(H,17,18). The second kappa shape index (κ2) is 6.35. The van der Waals surface area contributed by atoms with E-state index in [4.69, 9.17) is 21.1 Å². The Hall–Kier alpha value is -1.42. The third kappa shape index (κ3) is 3.37. The molecule has 2 rings (SSSR count). The van der Waals surface area contributed by atoms with Crippen LogP contribution in [0.15, 0.2) is 12.1 Å². The van der Waals surface area contributed by atoms with Gasteiger partial charge in [-0.1, -0.05) is 25.4 Å². The summed E-state index contributed by atoms with van der Waals surface area (Å²) in [6.45, 7) is 7.24. The Labute approximate surface area is 124 Å². The molecule has 0 bridgehead atoms. The highest BCUT2D eigenvalue weighted by molar-refractivity contribution is 6.32. The summed E-state index contributed by atoms with van der Waals surface area (Å²) in [6, 6.07) is 3.41. The largest absolute Gasteiger partial charge is 0.489 e. The number of nitrogens with one attached hydrogen (secondary N) is 1. The summed E-state index contributed by atoms with van der Waals surface area (Å²) < 4.78 is 11.1. The third-order valence-corrected chi connectivity index (χ3v) is 3.70. The van der Waals surface area contributed by atoms with Crippen molar-refractivity contribution in [1.82, 2.24) is 5.32 Å². The van der Waals surface area contributed by atoms with Gasteiger partial charge in [0.15, 0.2) is 11.5 Å². The summed E-state index contributed by atoms with van der Waals surface area (Å²) in [5.74, 6) is 1.29. The van der Waals surface area contributed by atoms with E-state index in [9.17, 15) is 4.79 Å². The summed E-state index contributed by atoms with van der Waals surface area (Å²) in [5, 5.41) is 3.36. The molecule has 1 amide bonds. The summed E-state index contributed by atoms with van der Waals surface area (Å²) in [5.41, 5.74) is 0.492. The Kier molecular flexibility index (Phi) is 4.76. The van der Waals surface area contributed by atoms with Gasteiger partial charge in [0.05, 0.1) is 18.2 Å². The van der Waals surface area contributed by atoms with Crippen molar-refractivity contribution in [2.24, 2.45) is 5.92 Å². The fourth-order valence-corrected chi connectivity index (χ4v) is 2.08. The summed E-state index contributed by atoms with van der Waals surface area (Å²) >= 11 is 6.18. The number of amides is 1. The van der Waals surface area contributed by atoms with E-state index in [2.05, 4.69) is 19.2 Å². The van der Waals surface area contributed by atoms with Gasteiger partial charge in [-0.2, -0.15) is 0 Å². The van der Waals surface area contributed by atoms with Gasteiger partial charge in [0.2, 0.25) is 0 Å². The first-order valence-corrected chi connectivity index (χ1v) is 7.27. The molecule has 1 aliphatic rings. The lowest BCUT2D eigenvalue weighted by molar-refractivity contribution is 0.0930. The molecule has 1 heterocycles. The molecule has 1 aromatic rings. The van der Waals surface area contributed by atoms with Crippen LogP contribution in [0, 0.1) is 5.92 Å². The normalized spacial score (nSPS) is 15.7. The number of ether oxygens (including phenoxy) is 2. The van der Waals surface area contributed by atoms with Crippen LogP contribution in [0.1, 0.15) is 37.6 Å². The van der Waals surface area contributed by atoms with Gasteiger partial charge in [0.25, 0.3) is 5.91 Å². The lowest BCUT2D eigenvalue weighted by Gasteiger charge is -2.18. The molecule has 1 N–H and O–H groups in total. The molecule has 1 aromatic carbocycles. The first-order valence-electron chi connectivity index (χ1n) is 6.89. The third-order valence-electron chi connectivity index (χ3n) is 3.42. The molecule has 0 aromatic heterocycles. The Morgan fingerprint density at radius 3 is 2.65 bits per heavy atom. The van der Waals surface area contributed by atoms with Gasteiger partial charge >= 0.3 is 0 Å². The highest BCUT2D eigenvalue weighted by Gasteiger charge is 2.19. The van der Waals surface area contributed by atoms with Crippen LogP contribution < -0.4 is 14.8 Å². The molecule has 1 atom stereocenters. The Balaban J connectivity index is 2.23. The van der Waals surface area contributed by atoms with Crippen molar-refractivity contribution in [3.05, 3.63) is 22.7 Å². The van der Waals surface area contributed by atoms with Gasteiger partial charge in [0.1, 0.15) is 0 Å². The number of fused-ring (bicyclic) bond motifs is 1. The van der Waals surface area contributed by atoms with E-state index >= 15 is 0 Å². The minimum atomic E-state index is -0.149. The first kappa shape index (κ1) is 15.0. The molecule has 1 unspecified atom stereocenters. The topological polar surface area (TPSA) is 47.6 Å². The number of rotatable bonds is 3. The number of hydrogen-bond acceptors (Lipinski definition) is 3. The lowest BCUT2D eigenvalue weighted by Crippen LogP contribution is -2.36. The molecule has 20 heavy (non-hydrogen) atoms. The van der Waals surface area contributed by atoms with Crippen LogP contribution in [0.3, 0.4) is 0 Å². The van der Waals surface area contributed by atoms with E-state index in [1.54, 1.807) is 12.1 Å². The highest BCUT2D eigenvalue weighted by Crippen LogP contribution is 2.37. The number of carbonyl (C=O) groups is 1. The smallest absolute Gasteiger partial charge is 0.251 e. The number of carbonyl (C=O) groups excluding carboxylic acids is 1. The predicted molar refractivity (Wildman–Crippen MR) is 78.8 cm³/mol. The van der Waals surface area contributed by atoms with Crippen molar-refractivity contribution < 1.29 is 14.3 Å². The Bertz CT molecular complexity index is 502. The monoisotopic (exact) mass is 297 g/mol. The molecule has 0 radical (unpaired) electrons. The number of benzene rings is 1. The summed E-state index contributed by atoms with van der Waals surface area (Å²) in [4.78, 5) is 12.2. The maximum Gasteiger partial charge on any atom is 0.251 e. The van der Waals surface area contributed by atoms with E-state index in [1.165, 1.54) is 0 Å². The zero-order valence-corrected chi connectivity index (χ0v) is 12.8. The minimum Gasteiger partial charge on any atom is -0.489 e. The van der Waals surface area contributed by atoms with Crippen molar-refractivity contribution in [2.45, 2.75) is 33.2 Å². The van der Waals surface area contributed by atoms with Crippen LogP contribution in [0.2, 0.25) is 5.02 Å². The minimum absolute atomic E-state index is 0.0947. The van der Waals surface area contributed by atoms with Crippen LogP contribution in [-0.4, -0.2) is 25.2 Å². The number of hydrogen-bond donors (Lipinski definition) is 1. The molecular formula is C15H20ClNO3. The van der Waals surface area contributed by atoms with E-state index in [-0.39, 0.29) is 11.9 Å². The Morgan fingerprint density at radius 2 is 1.95 bits per heavy atom. The maximum absolute atomic E-state index is 12.2. The van der Waals surface area contributed by atoms with Gasteiger partial charge in [0, 0.05) is 18.0 Å². The van der Waals surface area contributed by atoms with E-state index in [0.717, 1.165) is 6.42 Å². The van der Waals surface area contributed by atoms with Crippen LogP contribution in [0.5, 0.6) is 11.5 Å². The highest BCUT2D eigenvalue weighted by atomic mass is 35.5. The average molecular weight is 298 g/mol. The molecule has 4 nitrogen and oxygen atoms in total. The van der Waals surface area contributed by atoms with Crippen LogP contribution in [0.4, 0.5) is 0 Å². The van der Waals surface area contributed by atoms with Gasteiger partial charge < -0.3 is 14.8 Å². The van der Waals surface area contributed by atoms with Crippen LogP contribution in [-0.2, 0) is 0 Å². The average Bonchev–Trinajstić information content (AvgIpc) is 2.63. The van der Waals surface area contributed by atoms with E-state index < -0.39 is 0 Å². The predicted octanol–water partition coefficient (Wildman–Crippen LogP) is 3.28. The fraction of sp³-hybridized carbons (Fsp3) is 0.533. The number of halogens is 1. The zero-order chi connectivity index (χ0) is 14.7. The quantitative estimate of drug-likeness (QED) is 0.931. The van der Waals surface area contributed by atoms with Crippen molar-refractivity contribution in [2.75, 3.05) is 13.2 Å². The fourth-order valence-electron chi connectivity index (χ4n) is 1.82. The molecule has 110 valence electrons.